The van der Waals surface area contributed by atoms with Gasteiger partial charge < -0.3 is 14.6 Å². The summed E-state index contributed by atoms with van der Waals surface area (Å²) in [6, 6.07) is 17.0. The van der Waals surface area contributed by atoms with Crippen molar-refractivity contribution in [3.63, 3.8) is 0 Å². The van der Waals surface area contributed by atoms with E-state index >= 15 is 0 Å². The van der Waals surface area contributed by atoms with Gasteiger partial charge in [-0.2, -0.15) is 0 Å². The Bertz CT molecular complexity index is 795. The molecule has 0 bridgehead atoms. The van der Waals surface area contributed by atoms with E-state index < -0.39 is 12.1 Å². The minimum atomic E-state index is -0.992. The molecule has 1 heterocycles. The van der Waals surface area contributed by atoms with Crippen LogP contribution in [0.4, 0.5) is 0 Å². The largest absolute Gasteiger partial charge is 0.493 e. The summed E-state index contributed by atoms with van der Waals surface area (Å²) in [4.78, 5) is 11.5. The lowest BCUT2D eigenvalue weighted by Gasteiger charge is -2.17. The second-order valence-electron chi connectivity index (χ2n) is 6.38. The number of carboxylic acid groups (broad SMARTS) is 1. The highest BCUT2D eigenvalue weighted by Gasteiger charge is 2.20. The van der Waals surface area contributed by atoms with E-state index in [4.69, 9.17) is 9.47 Å². The zero-order valence-electron chi connectivity index (χ0n) is 15.8. The van der Waals surface area contributed by atoms with Crippen molar-refractivity contribution in [2.45, 2.75) is 25.9 Å². The average Bonchev–Trinajstić information content (AvgIpc) is 2.74. The predicted molar refractivity (Wildman–Crippen MR) is 117 cm³/mol. The Hall–Kier alpha value is -2.05. The second-order valence-corrected chi connectivity index (χ2v) is 8.85. The van der Waals surface area contributed by atoms with E-state index in [-0.39, 0.29) is 13.0 Å². The number of aliphatic carboxylic acids is 1. The number of para-hydroxylation sites is 1. The summed E-state index contributed by atoms with van der Waals surface area (Å²) >= 11 is 3.82. The lowest BCUT2D eigenvalue weighted by molar-refractivity contribution is -0.145. The Morgan fingerprint density at radius 3 is 2.36 bits per heavy atom. The van der Waals surface area contributed by atoms with Gasteiger partial charge in [0, 0.05) is 10.7 Å². The van der Waals surface area contributed by atoms with Gasteiger partial charge in [0.05, 0.1) is 6.61 Å². The summed E-state index contributed by atoms with van der Waals surface area (Å²) < 4.78 is 12.7. The fourth-order valence-electron chi connectivity index (χ4n) is 2.75. The molecule has 28 heavy (non-hydrogen) atoms. The average molecular weight is 417 g/mol. The number of carboxylic acids is 1. The van der Waals surface area contributed by atoms with Gasteiger partial charge in [-0.1, -0.05) is 30.3 Å². The molecule has 148 valence electrons. The van der Waals surface area contributed by atoms with Crippen LogP contribution in [0, 0.1) is 0 Å². The van der Waals surface area contributed by atoms with Crippen LogP contribution in [0.2, 0.25) is 0 Å². The summed E-state index contributed by atoms with van der Waals surface area (Å²) in [5.74, 6) is 2.63. The third-order valence-electron chi connectivity index (χ3n) is 4.29. The van der Waals surface area contributed by atoms with Crippen LogP contribution in [-0.4, -0.2) is 35.3 Å². The van der Waals surface area contributed by atoms with E-state index in [1.54, 1.807) is 0 Å². The standard InChI is InChI=1S/C22H24O4S2/c1-16(22-27-14-5-15-28-22)17-8-10-19(11-9-17)26-20(21(23)24)12-13-25-18-6-3-2-4-7-18/h2-4,6-11,20H,5,12-15H2,1H3,(H,23,24). The minimum Gasteiger partial charge on any atom is -0.493 e. The lowest BCUT2D eigenvalue weighted by atomic mass is 10.1. The first-order chi connectivity index (χ1) is 13.6. The smallest absolute Gasteiger partial charge is 0.345 e. The molecule has 0 radical (unpaired) electrons. The first-order valence-corrected chi connectivity index (χ1v) is 11.2. The molecule has 1 atom stereocenters. The topological polar surface area (TPSA) is 55.8 Å². The predicted octanol–water partition coefficient (Wildman–Crippen LogP) is 5.55. The van der Waals surface area contributed by atoms with Crippen molar-refractivity contribution < 1.29 is 19.4 Å². The number of carbonyl (C=O) groups is 1. The molecule has 0 aliphatic carbocycles. The van der Waals surface area contributed by atoms with Gasteiger partial charge in [-0.3, -0.25) is 0 Å². The van der Waals surface area contributed by atoms with Crippen LogP contribution in [-0.2, 0) is 4.79 Å². The highest BCUT2D eigenvalue weighted by molar-refractivity contribution is 8.23. The Morgan fingerprint density at radius 2 is 1.71 bits per heavy atom. The monoisotopic (exact) mass is 416 g/mol. The number of ether oxygens (including phenoxy) is 2. The van der Waals surface area contributed by atoms with E-state index in [0.29, 0.717) is 5.75 Å². The molecule has 1 fully saturated rings. The third kappa shape index (κ3) is 5.97. The molecule has 2 aromatic carbocycles. The first kappa shape index (κ1) is 20.7. The second kappa shape index (κ2) is 10.5. The molecule has 6 heteroatoms. The normalized spacial score (nSPS) is 15.0. The molecule has 1 unspecified atom stereocenters. The fraction of sp³-hybridized carbons (Fsp3) is 0.318. The number of hydrogen-bond acceptors (Lipinski definition) is 5. The summed E-state index contributed by atoms with van der Waals surface area (Å²) in [5, 5.41) is 9.45. The Labute approximate surface area is 174 Å². The number of allylic oxidation sites excluding steroid dienone is 1. The molecule has 2 aromatic rings. The molecule has 3 rings (SSSR count). The maximum atomic E-state index is 11.5. The van der Waals surface area contributed by atoms with Gasteiger partial charge in [-0.05, 0) is 60.3 Å². The van der Waals surface area contributed by atoms with Crippen molar-refractivity contribution in [1.29, 1.82) is 0 Å². The van der Waals surface area contributed by atoms with Crippen LogP contribution in [0.5, 0.6) is 11.5 Å². The van der Waals surface area contributed by atoms with Crippen LogP contribution in [0.3, 0.4) is 0 Å². The van der Waals surface area contributed by atoms with E-state index in [1.165, 1.54) is 27.7 Å². The van der Waals surface area contributed by atoms with Crippen molar-refractivity contribution in [1.82, 2.24) is 0 Å². The van der Waals surface area contributed by atoms with Gasteiger partial charge in [0.25, 0.3) is 0 Å². The van der Waals surface area contributed by atoms with E-state index in [0.717, 1.165) is 11.3 Å². The van der Waals surface area contributed by atoms with Gasteiger partial charge in [-0.25, -0.2) is 4.79 Å². The molecule has 4 nitrogen and oxygen atoms in total. The number of rotatable bonds is 8. The fourth-order valence-corrected chi connectivity index (χ4v) is 5.38. The number of hydrogen-bond donors (Lipinski definition) is 1. The van der Waals surface area contributed by atoms with E-state index in [1.807, 2.05) is 78.1 Å². The van der Waals surface area contributed by atoms with Gasteiger partial charge in [0.15, 0.2) is 6.10 Å². The zero-order chi connectivity index (χ0) is 19.8. The van der Waals surface area contributed by atoms with Crippen LogP contribution < -0.4 is 9.47 Å². The number of benzene rings is 2. The Kier molecular flexibility index (Phi) is 7.74. The molecule has 0 aromatic heterocycles. The van der Waals surface area contributed by atoms with Gasteiger partial charge in [0.1, 0.15) is 11.5 Å². The highest BCUT2D eigenvalue weighted by atomic mass is 32.2. The summed E-state index contributed by atoms with van der Waals surface area (Å²) in [5.41, 5.74) is 2.41. The Balaban J connectivity index is 1.58. The maximum Gasteiger partial charge on any atom is 0.345 e. The molecule has 1 N–H and O–H groups in total. The summed E-state index contributed by atoms with van der Waals surface area (Å²) in [6.07, 6.45) is 0.574. The van der Waals surface area contributed by atoms with Crippen molar-refractivity contribution in [2.75, 3.05) is 18.1 Å². The number of thioether (sulfide) groups is 2. The maximum absolute atomic E-state index is 11.5. The van der Waals surface area contributed by atoms with Crippen molar-refractivity contribution >= 4 is 35.1 Å². The molecule has 0 spiro atoms. The SMILES string of the molecule is CC(=C1SCCCS1)c1ccc(OC(CCOc2ccccc2)C(=O)O)cc1. The minimum absolute atomic E-state index is 0.266. The Morgan fingerprint density at radius 1 is 1.04 bits per heavy atom. The summed E-state index contributed by atoms with van der Waals surface area (Å²) in [7, 11) is 0. The first-order valence-electron chi connectivity index (χ1n) is 9.27. The van der Waals surface area contributed by atoms with Crippen LogP contribution in [0.1, 0.15) is 25.3 Å². The van der Waals surface area contributed by atoms with E-state index in [9.17, 15) is 9.90 Å². The van der Waals surface area contributed by atoms with Crippen molar-refractivity contribution in [2.24, 2.45) is 0 Å². The molecule has 1 aliphatic heterocycles. The zero-order valence-corrected chi connectivity index (χ0v) is 17.4. The van der Waals surface area contributed by atoms with Gasteiger partial charge in [0.2, 0.25) is 0 Å². The van der Waals surface area contributed by atoms with Crippen LogP contribution in [0.25, 0.3) is 5.57 Å². The molecule has 0 amide bonds. The van der Waals surface area contributed by atoms with Crippen molar-refractivity contribution in [3.05, 3.63) is 64.4 Å². The van der Waals surface area contributed by atoms with Gasteiger partial charge >= 0.3 is 5.97 Å². The molecule has 1 aliphatic rings. The quantitative estimate of drug-likeness (QED) is 0.609. The highest BCUT2D eigenvalue weighted by Crippen LogP contribution is 2.40. The molecule has 1 saturated heterocycles. The molecule has 0 saturated carbocycles. The van der Waals surface area contributed by atoms with Gasteiger partial charge in [-0.15, -0.1) is 23.5 Å². The van der Waals surface area contributed by atoms with E-state index in [2.05, 4.69) is 6.92 Å². The summed E-state index contributed by atoms with van der Waals surface area (Å²) in [6.45, 7) is 2.41. The molecular formula is C22H24O4S2. The van der Waals surface area contributed by atoms with Crippen LogP contribution in [0.15, 0.2) is 58.8 Å². The van der Waals surface area contributed by atoms with Crippen LogP contribution >= 0.6 is 23.5 Å². The van der Waals surface area contributed by atoms with Crippen molar-refractivity contribution in [3.8, 4) is 11.5 Å². The third-order valence-corrected chi connectivity index (χ3v) is 7.12. The lowest BCUT2D eigenvalue weighted by Crippen LogP contribution is -2.29. The molecular weight excluding hydrogens is 392 g/mol.